The highest BCUT2D eigenvalue weighted by molar-refractivity contribution is 6.03. The number of rotatable bonds is 8. The van der Waals surface area contributed by atoms with Crippen LogP contribution in [-0.4, -0.2) is 23.1 Å². The number of nitrogens with zero attached hydrogens (tertiary/aromatic N) is 2. The Bertz CT molecular complexity index is 940. The SMILES string of the molecule is O=C1CC(C[C@H](C(=NOCc2ccccc2)c2cocn2)c2ccccc2)CN1. The summed E-state index contributed by atoms with van der Waals surface area (Å²) >= 11 is 0. The molecule has 1 saturated heterocycles. The molecule has 2 atom stereocenters. The fourth-order valence-electron chi connectivity index (χ4n) is 3.63. The standard InChI is InChI=1S/C23H23N3O3/c27-22-12-18(13-24-22)11-20(19-9-5-2-6-10-19)23(21-15-28-16-25-21)26-29-14-17-7-3-1-4-8-17/h1-10,15-16,18,20H,11-14H2,(H,24,27)/t18?,20-/m0/s1. The monoisotopic (exact) mass is 389 g/mol. The quantitative estimate of drug-likeness (QED) is 0.468. The summed E-state index contributed by atoms with van der Waals surface area (Å²) in [6.45, 7) is 1.05. The van der Waals surface area contributed by atoms with E-state index in [9.17, 15) is 4.79 Å². The number of oxazole rings is 1. The smallest absolute Gasteiger partial charge is 0.220 e. The third-order valence-corrected chi connectivity index (χ3v) is 5.09. The highest BCUT2D eigenvalue weighted by Gasteiger charge is 2.30. The molecule has 3 aromatic rings. The van der Waals surface area contributed by atoms with Crippen molar-refractivity contribution in [2.75, 3.05) is 6.54 Å². The maximum Gasteiger partial charge on any atom is 0.220 e. The number of nitrogens with one attached hydrogen (secondary N) is 1. The number of hydrogen-bond donors (Lipinski definition) is 1. The Morgan fingerprint density at radius 3 is 2.59 bits per heavy atom. The van der Waals surface area contributed by atoms with Crippen molar-refractivity contribution in [3.8, 4) is 0 Å². The van der Waals surface area contributed by atoms with Gasteiger partial charge in [-0.05, 0) is 23.5 Å². The third kappa shape index (κ3) is 4.90. The zero-order valence-electron chi connectivity index (χ0n) is 16.0. The Morgan fingerprint density at radius 1 is 1.17 bits per heavy atom. The van der Waals surface area contributed by atoms with Gasteiger partial charge in [-0.15, -0.1) is 0 Å². The van der Waals surface area contributed by atoms with Gasteiger partial charge in [0.25, 0.3) is 0 Å². The maximum atomic E-state index is 11.7. The number of benzene rings is 2. The first kappa shape index (κ1) is 18.9. The van der Waals surface area contributed by atoms with Crippen molar-refractivity contribution in [2.24, 2.45) is 11.1 Å². The molecule has 0 spiro atoms. The van der Waals surface area contributed by atoms with Gasteiger partial charge in [-0.25, -0.2) is 4.98 Å². The van der Waals surface area contributed by atoms with Gasteiger partial charge < -0.3 is 14.6 Å². The summed E-state index contributed by atoms with van der Waals surface area (Å²) in [5.41, 5.74) is 3.50. The molecule has 0 radical (unpaired) electrons. The van der Waals surface area contributed by atoms with Crippen LogP contribution in [-0.2, 0) is 16.2 Å². The molecule has 1 amide bonds. The number of aromatic nitrogens is 1. The molecule has 1 aromatic heterocycles. The van der Waals surface area contributed by atoms with E-state index in [2.05, 4.69) is 27.6 Å². The van der Waals surface area contributed by atoms with Crippen molar-refractivity contribution < 1.29 is 14.0 Å². The van der Waals surface area contributed by atoms with E-state index in [1.165, 1.54) is 6.39 Å². The highest BCUT2D eigenvalue weighted by atomic mass is 16.6. The number of carbonyl (C=O) groups is 1. The van der Waals surface area contributed by atoms with E-state index < -0.39 is 0 Å². The van der Waals surface area contributed by atoms with Crippen molar-refractivity contribution in [1.29, 1.82) is 0 Å². The Hall–Kier alpha value is -3.41. The van der Waals surface area contributed by atoms with Crippen LogP contribution in [0.1, 0.15) is 35.6 Å². The number of oxime groups is 1. The molecule has 0 bridgehead atoms. The summed E-state index contributed by atoms with van der Waals surface area (Å²) in [5.74, 6) is 0.274. The van der Waals surface area contributed by atoms with E-state index in [0.717, 1.165) is 17.5 Å². The third-order valence-electron chi connectivity index (χ3n) is 5.09. The second kappa shape index (κ2) is 9.19. The van der Waals surface area contributed by atoms with Gasteiger partial charge in [-0.1, -0.05) is 65.8 Å². The van der Waals surface area contributed by atoms with E-state index in [1.54, 1.807) is 6.26 Å². The van der Waals surface area contributed by atoms with Crippen LogP contribution in [0.2, 0.25) is 0 Å². The molecular formula is C23H23N3O3. The van der Waals surface area contributed by atoms with Crippen LogP contribution < -0.4 is 5.32 Å². The predicted octanol–water partition coefficient (Wildman–Crippen LogP) is 3.91. The summed E-state index contributed by atoms with van der Waals surface area (Å²) in [6, 6.07) is 20.0. The van der Waals surface area contributed by atoms with E-state index in [0.29, 0.717) is 31.0 Å². The van der Waals surface area contributed by atoms with Crippen LogP contribution in [0.15, 0.2) is 82.9 Å². The Labute approximate surface area is 169 Å². The lowest BCUT2D eigenvalue weighted by atomic mass is 9.84. The number of carbonyl (C=O) groups excluding carboxylic acids is 1. The normalized spacial score (nSPS) is 17.7. The molecule has 1 aliphatic rings. The molecule has 1 N–H and O–H groups in total. The van der Waals surface area contributed by atoms with Crippen molar-refractivity contribution in [3.05, 3.63) is 90.1 Å². The van der Waals surface area contributed by atoms with Crippen LogP contribution >= 0.6 is 0 Å². The van der Waals surface area contributed by atoms with Crippen molar-refractivity contribution in [1.82, 2.24) is 10.3 Å². The average Bonchev–Trinajstić information content (AvgIpc) is 3.43. The topological polar surface area (TPSA) is 76.7 Å². The molecular weight excluding hydrogens is 366 g/mol. The minimum Gasteiger partial charge on any atom is -0.451 e. The van der Waals surface area contributed by atoms with Crippen molar-refractivity contribution in [3.63, 3.8) is 0 Å². The van der Waals surface area contributed by atoms with Crippen LogP contribution in [0.5, 0.6) is 0 Å². The Kier molecular flexibility index (Phi) is 6.00. The maximum absolute atomic E-state index is 11.7. The van der Waals surface area contributed by atoms with Gasteiger partial charge in [0.15, 0.2) is 6.39 Å². The lowest BCUT2D eigenvalue weighted by Crippen LogP contribution is -2.20. The first-order valence-electron chi connectivity index (χ1n) is 9.73. The van der Waals surface area contributed by atoms with E-state index in [4.69, 9.17) is 9.25 Å². The minimum atomic E-state index is -0.0604. The van der Waals surface area contributed by atoms with Crippen LogP contribution in [0, 0.1) is 5.92 Å². The van der Waals surface area contributed by atoms with Crippen LogP contribution in [0.25, 0.3) is 0 Å². The van der Waals surface area contributed by atoms with E-state index >= 15 is 0 Å². The van der Waals surface area contributed by atoms with Crippen molar-refractivity contribution >= 4 is 11.6 Å². The predicted molar refractivity (Wildman–Crippen MR) is 109 cm³/mol. The van der Waals surface area contributed by atoms with Gasteiger partial charge in [-0.2, -0.15) is 0 Å². The number of amides is 1. The molecule has 0 saturated carbocycles. The molecule has 2 heterocycles. The second-order valence-corrected chi connectivity index (χ2v) is 7.18. The zero-order valence-corrected chi connectivity index (χ0v) is 16.0. The van der Waals surface area contributed by atoms with Gasteiger partial charge in [-0.3, -0.25) is 4.79 Å². The molecule has 1 unspecified atom stereocenters. The van der Waals surface area contributed by atoms with E-state index in [-0.39, 0.29) is 17.7 Å². The average molecular weight is 389 g/mol. The fraction of sp³-hybridized carbons (Fsp3) is 0.261. The molecule has 1 fully saturated rings. The van der Waals surface area contributed by atoms with Crippen LogP contribution in [0.4, 0.5) is 0 Å². The lowest BCUT2D eigenvalue weighted by Gasteiger charge is -2.21. The fourth-order valence-corrected chi connectivity index (χ4v) is 3.63. The minimum absolute atomic E-state index is 0.0604. The second-order valence-electron chi connectivity index (χ2n) is 7.18. The Morgan fingerprint density at radius 2 is 1.93 bits per heavy atom. The summed E-state index contributed by atoms with van der Waals surface area (Å²) < 4.78 is 5.22. The molecule has 29 heavy (non-hydrogen) atoms. The van der Waals surface area contributed by atoms with Crippen LogP contribution in [0.3, 0.4) is 0 Å². The molecule has 1 aliphatic heterocycles. The molecule has 0 aliphatic carbocycles. The van der Waals surface area contributed by atoms with Crippen molar-refractivity contribution in [2.45, 2.75) is 25.4 Å². The zero-order chi connectivity index (χ0) is 19.9. The summed E-state index contributed by atoms with van der Waals surface area (Å²) in [6.07, 6.45) is 4.27. The van der Waals surface area contributed by atoms with Gasteiger partial charge in [0.2, 0.25) is 5.91 Å². The molecule has 6 nitrogen and oxygen atoms in total. The van der Waals surface area contributed by atoms with Gasteiger partial charge in [0, 0.05) is 18.9 Å². The van der Waals surface area contributed by atoms with Gasteiger partial charge in [0.05, 0.1) is 0 Å². The van der Waals surface area contributed by atoms with Gasteiger partial charge in [0.1, 0.15) is 24.3 Å². The lowest BCUT2D eigenvalue weighted by molar-refractivity contribution is -0.119. The highest BCUT2D eigenvalue weighted by Crippen LogP contribution is 2.31. The summed E-state index contributed by atoms with van der Waals surface area (Å²) in [4.78, 5) is 21.7. The largest absolute Gasteiger partial charge is 0.451 e. The molecule has 4 rings (SSSR count). The molecule has 6 heteroatoms. The summed E-state index contributed by atoms with van der Waals surface area (Å²) in [5, 5.41) is 7.41. The molecule has 148 valence electrons. The Balaban J connectivity index is 1.62. The molecule has 2 aromatic carbocycles. The first-order chi connectivity index (χ1) is 14.3. The number of hydrogen-bond acceptors (Lipinski definition) is 5. The summed E-state index contributed by atoms with van der Waals surface area (Å²) in [7, 11) is 0. The van der Waals surface area contributed by atoms with E-state index in [1.807, 2.05) is 48.5 Å². The van der Waals surface area contributed by atoms with Gasteiger partial charge >= 0.3 is 0 Å². The first-order valence-corrected chi connectivity index (χ1v) is 9.73.